The summed E-state index contributed by atoms with van der Waals surface area (Å²) < 4.78 is 10.5. The molecule has 10 heteroatoms. The molecule has 0 radical (unpaired) electrons. The van der Waals surface area contributed by atoms with Gasteiger partial charge in [-0.3, -0.25) is 14.5 Å². The minimum Gasteiger partial charge on any atom is -0.507 e. The van der Waals surface area contributed by atoms with E-state index in [1.165, 1.54) is 30.2 Å². The van der Waals surface area contributed by atoms with Crippen molar-refractivity contribution in [2.45, 2.75) is 6.04 Å². The lowest BCUT2D eigenvalue weighted by atomic mass is 9.95. The fraction of sp³-hybridized carbons (Fsp3) is 0.115. The number of carbonyl (C=O) groups excluding carboxylic acids is 2. The second-order valence-corrected chi connectivity index (χ2v) is 8.83. The number of carbonyl (C=O) groups is 2. The van der Waals surface area contributed by atoms with Crippen LogP contribution in [0.1, 0.15) is 17.2 Å². The maximum atomic E-state index is 13.4. The van der Waals surface area contributed by atoms with E-state index >= 15 is 0 Å². The maximum Gasteiger partial charge on any atom is 0.302 e. The van der Waals surface area contributed by atoms with Crippen molar-refractivity contribution in [1.82, 2.24) is 9.97 Å². The molecule has 1 atom stereocenters. The summed E-state index contributed by atoms with van der Waals surface area (Å²) >= 11 is 12.2. The van der Waals surface area contributed by atoms with Crippen LogP contribution in [0.4, 0.5) is 5.95 Å². The number of rotatable bonds is 5. The second kappa shape index (κ2) is 9.22. The number of H-pyrrole nitrogens is 1. The quantitative estimate of drug-likeness (QED) is 0.203. The molecule has 1 aliphatic rings. The predicted octanol–water partition coefficient (Wildman–Crippen LogP) is 5.51. The first kappa shape index (κ1) is 23.7. The SMILES string of the molecule is COc1ccc(C2/C(=C(\O)c3ccc(Cl)c(Cl)c3)C(=O)C(=O)N2c2nc3ccc(OC)cc3[nH]2)cc1. The van der Waals surface area contributed by atoms with Crippen molar-refractivity contribution in [1.29, 1.82) is 0 Å². The fourth-order valence-electron chi connectivity index (χ4n) is 4.17. The number of hydrogen-bond donors (Lipinski definition) is 2. The molecular weight excluding hydrogens is 505 g/mol. The van der Waals surface area contributed by atoms with Crippen LogP contribution in [0.15, 0.2) is 66.2 Å². The average molecular weight is 524 g/mol. The van der Waals surface area contributed by atoms with E-state index in [4.69, 9.17) is 32.7 Å². The molecule has 0 bridgehead atoms. The predicted molar refractivity (Wildman–Crippen MR) is 137 cm³/mol. The van der Waals surface area contributed by atoms with E-state index in [1.807, 2.05) is 0 Å². The summed E-state index contributed by atoms with van der Waals surface area (Å²) in [5.41, 5.74) is 1.89. The molecule has 1 amide bonds. The summed E-state index contributed by atoms with van der Waals surface area (Å²) in [6.45, 7) is 0. The summed E-state index contributed by atoms with van der Waals surface area (Å²) in [6, 6.07) is 15.6. The van der Waals surface area contributed by atoms with Gasteiger partial charge < -0.3 is 19.6 Å². The number of fused-ring (bicyclic) bond motifs is 1. The van der Waals surface area contributed by atoms with Crippen LogP contribution in [0.25, 0.3) is 16.8 Å². The Morgan fingerprint density at radius 2 is 1.64 bits per heavy atom. The van der Waals surface area contributed by atoms with Gasteiger partial charge in [-0.1, -0.05) is 35.3 Å². The van der Waals surface area contributed by atoms with Gasteiger partial charge in [0.1, 0.15) is 17.3 Å². The van der Waals surface area contributed by atoms with E-state index in [2.05, 4.69) is 9.97 Å². The van der Waals surface area contributed by atoms with Gasteiger partial charge >= 0.3 is 5.91 Å². The van der Waals surface area contributed by atoms with Gasteiger partial charge in [0.2, 0.25) is 5.95 Å². The van der Waals surface area contributed by atoms with Gasteiger partial charge in [0.25, 0.3) is 5.78 Å². The lowest BCUT2D eigenvalue weighted by Crippen LogP contribution is -2.30. The normalized spacial score (nSPS) is 17.1. The van der Waals surface area contributed by atoms with E-state index in [0.29, 0.717) is 28.1 Å². The zero-order valence-electron chi connectivity index (χ0n) is 19.1. The minimum absolute atomic E-state index is 0.110. The summed E-state index contributed by atoms with van der Waals surface area (Å²) in [7, 11) is 3.08. The van der Waals surface area contributed by atoms with Crippen molar-refractivity contribution >= 4 is 57.6 Å². The molecule has 1 unspecified atom stereocenters. The number of hydrogen-bond acceptors (Lipinski definition) is 6. The molecule has 4 aromatic rings. The molecule has 182 valence electrons. The number of ether oxygens (including phenoxy) is 2. The van der Waals surface area contributed by atoms with Crippen molar-refractivity contribution in [2.24, 2.45) is 0 Å². The summed E-state index contributed by atoms with van der Waals surface area (Å²) in [5, 5.41) is 11.7. The highest BCUT2D eigenvalue weighted by atomic mass is 35.5. The van der Waals surface area contributed by atoms with E-state index in [-0.39, 0.29) is 32.9 Å². The third-order valence-corrected chi connectivity index (χ3v) is 6.71. The third kappa shape index (κ3) is 3.94. The highest BCUT2D eigenvalue weighted by Gasteiger charge is 2.48. The second-order valence-electron chi connectivity index (χ2n) is 8.01. The van der Waals surface area contributed by atoms with Crippen LogP contribution in [0.2, 0.25) is 10.0 Å². The van der Waals surface area contributed by atoms with Gasteiger partial charge in [0.05, 0.1) is 46.9 Å². The molecule has 5 rings (SSSR count). The van der Waals surface area contributed by atoms with Crippen molar-refractivity contribution in [3.63, 3.8) is 0 Å². The molecule has 1 aliphatic heterocycles. The smallest absolute Gasteiger partial charge is 0.302 e. The first-order valence-corrected chi connectivity index (χ1v) is 11.5. The van der Waals surface area contributed by atoms with Gasteiger partial charge in [0.15, 0.2) is 0 Å². The molecule has 36 heavy (non-hydrogen) atoms. The van der Waals surface area contributed by atoms with Crippen LogP contribution >= 0.6 is 23.2 Å². The number of nitrogens with one attached hydrogen (secondary N) is 1. The molecular formula is C26H19Cl2N3O5. The van der Waals surface area contributed by atoms with Crippen molar-refractivity contribution in [2.75, 3.05) is 19.1 Å². The Labute approximate surface area is 215 Å². The number of aliphatic hydroxyl groups is 1. The third-order valence-electron chi connectivity index (χ3n) is 5.97. The van der Waals surface area contributed by atoms with E-state index < -0.39 is 17.7 Å². The number of aromatic nitrogens is 2. The van der Waals surface area contributed by atoms with Crippen molar-refractivity contribution in [3.05, 3.63) is 87.4 Å². The van der Waals surface area contributed by atoms with Crippen LogP contribution in [0, 0.1) is 0 Å². The van der Waals surface area contributed by atoms with Crippen LogP contribution in [0.3, 0.4) is 0 Å². The topological polar surface area (TPSA) is 105 Å². The molecule has 3 aromatic carbocycles. The Morgan fingerprint density at radius 3 is 2.31 bits per heavy atom. The summed E-state index contributed by atoms with van der Waals surface area (Å²) in [5.74, 6) is -0.745. The number of amides is 1. The number of nitrogens with zero attached hydrogens (tertiary/aromatic N) is 2. The molecule has 2 N–H and O–H groups in total. The average Bonchev–Trinajstić information content (AvgIpc) is 3.42. The van der Waals surface area contributed by atoms with Gasteiger partial charge in [-0.15, -0.1) is 0 Å². The molecule has 2 heterocycles. The Morgan fingerprint density at radius 1 is 0.944 bits per heavy atom. The number of imidazole rings is 1. The summed E-state index contributed by atoms with van der Waals surface area (Å²) in [4.78, 5) is 35.5. The van der Waals surface area contributed by atoms with Gasteiger partial charge in [-0.05, 0) is 48.0 Å². The molecule has 1 saturated heterocycles. The Hall–Kier alpha value is -4.01. The minimum atomic E-state index is -0.979. The first-order valence-electron chi connectivity index (χ1n) is 10.8. The number of benzene rings is 3. The molecule has 1 fully saturated rings. The van der Waals surface area contributed by atoms with Gasteiger partial charge in [0, 0.05) is 11.6 Å². The van der Waals surface area contributed by atoms with E-state index in [1.54, 1.807) is 49.6 Å². The zero-order chi connectivity index (χ0) is 25.6. The molecule has 0 aliphatic carbocycles. The van der Waals surface area contributed by atoms with Crippen LogP contribution in [-0.4, -0.2) is 41.0 Å². The number of aromatic amines is 1. The van der Waals surface area contributed by atoms with E-state index in [9.17, 15) is 14.7 Å². The number of aliphatic hydroxyl groups excluding tert-OH is 1. The highest BCUT2D eigenvalue weighted by molar-refractivity contribution is 6.51. The molecule has 8 nitrogen and oxygen atoms in total. The Bertz CT molecular complexity index is 1550. The number of methoxy groups -OCH3 is 2. The lowest BCUT2D eigenvalue weighted by Gasteiger charge is -2.23. The van der Waals surface area contributed by atoms with Crippen molar-refractivity contribution < 1.29 is 24.2 Å². The highest BCUT2D eigenvalue weighted by Crippen LogP contribution is 2.42. The van der Waals surface area contributed by atoms with Crippen molar-refractivity contribution in [3.8, 4) is 11.5 Å². The summed E-state index contributed by atoms with van der Waals surface area (Å²) in [6.07, 6.45) is 0. The Balaban J connectivity index is 1.71. The van der Waals surface area contributed by atoms with Gasteiger partial charge in [-0.2, -0.15) is 0 Å². The van der Waals surface area contributed by atoms with Crippen LogP contribution in [-0.2, 0) is 9.59 Å². The number of anilines is 1. The largest absolute Gasteiger partial charge is 0.507 e. The number of halogens is 2. The monoisotopic (exact) mass is 523 g/mol. The standard InChI is InChI=1S/C26H19Cl2N3O5/c1-35-15-6-3-13(4-7-15)22-21(23(32)14-5-9-17(27)18(28)11-14)24(33)25(34)31(22)26-29-19-10-8-16(36-2)12-20(19)30-26/h3-12,22,32H,1-2H3,(H,29,30)/b23-21+. The van der Waals surface area contributed by atoms with Crippen LogP contribution < -0.4 is 14.4 Å². The zero-order valence-corrected chi connectivity index (χ0v) is 20.6. The van der Waals surface area contributed by atoms with Crippen LogP contribution in [0.5, 0.6) is 11.5 Å². The maximum absolute atomic E-state index is 13.4. The lowest BCUT2D eigenvalue weighted by molar-refractivity contribution is -0.132. The molecule has 0 spiro atoms. The fourth-order valence-corrected chi connectivity index (χ4v) is 4.47. The number of ketones is 1. The van der Waals surface area contributed by atoms with E-state index in [0.717, 1.165) is 0 Å². The molecule has 1 aromatic heterocycles. The Kier molecular flexibility index (Phi) is 6.07. The first-order chi connectivity index (χ1) is 17.3. The van der Waals surface area contributed by atoms with Gasteiger partial charge in [-0.25, -0.2) is 4.98 Å². The number of Topliss-reactive ketones (excluding diaryl/α,β-unsaturated/α-hetero) is 1. The molecule has 0 saturated carbocycles.